The third-order valence-electron chi connectivity index (χ3n) is 7.22. The number of carbonyl (C=O) groups is 3. The van der Waals surface area contributed by atoms with Crippen LogP contribution in [0.25, 0.3) is 0 Å². The maximum absolute atomic E-state index is 11.6. The van der Waals surface area contributed by atoms with E-state index in [0.29, 0.717) is 6.54 Å². The van der Waals surface area contributed by atoms with Gasteiger partial charge in [-0.1, -0.05) is 76.9 Å². The lowest BCUT2D eigenvalue weighted by molar-refractivity contribution is -0.934. The van der Waals surface area contributed by atoms with Gasteiger partial charge < -0.3 is 24.6 Å². The summed E-state index contributed by atoms with van der Waals surface area (Å²) in [5, 5.41) is 30.4. The van der Waals surface area contributed by atoms with Crippen molar-refractivity contribution in [1.82, 2.24) is 0 Å². The molecule has 0 aliphatic heterocycles. The molecule has 0 aliphatic rings. The molecule has 7 nitrogen and oxygen atoms in total. The van der Waals surface area contributed by atoms with Gasteiger partial charge in [0.05, 0.1) is 26.2 Å². The van der Waals surface area contributed by atoms with Crippen LogP contribution in [-0.2, 0) is 14.4 Å². The van der Waals surface area contributed by atoms with Crippen LogP contribution in [0.2, 0.25) is 0 Å². The Labute approximate surface area is 219 Å². The maximum Gasteiger partial charge on any atom is 0.311 e. The molecule has 0 aromatic carbocycles. The Morgan fingerprint density at radius 3 is 1.39 bits per heavy atom. The fourth-order valence-corrected chi connectivity index (χ4v) is 5.11. The zero-order valence-electron chi connectivity index (χ0n) is 23.4. The smallest absolute Gasteiger partial charge is 0.311 e. The predicted octanol–water partition coefficient (Wildman–Crippen LogP) is 5.28. The van der Waals surface area contributed by atoms with Crippen LogP contribution in [-0.4, -0.2) is 58.8 Å². The molecule has 0 saturated heterocycles. The van der Waals surface area contributed by atoms with Gasteiger partial charge in [0.1, 0.15) is 11.8 Å². The quantitative estimate of drug-likeness (QED) is 0.104. The number of nitrogens with zero attached hydrogens (tertiary/aromatic N) is 1. The van der Waals surface area contributed by atoms with E-state index in [9.17, 15) is 29.7 Å². The number of hydrogen-bond donors (Lipinski definition) is 2. The Morgan fingerprint density at radius 2 is 1.03 bits per heavy atom. The first-order valence-electron chi connectivity index (χ1n) is 14.2. The first kappa shape index (κ1) is 34.1. The molecule has 0 aliphatic carbocycles. The van der Waals surface area contributed by atoms with E-state index in [2.05, 4.69) is 19.1 Å². The van der Waals surface area contributed by atoms with Crippen LogP contribution in [0, 0.1) is 17.8 Å². The Bertz CT molecular complexity index is 593. The van der Waals surface area contributed by atoms with E-state index in [0.717, 1.165) is 25.7 Å². The normalized spacial score (nSPS) is 15.9. The van der Waals surface area contributed by atoms with Gasteiger partial charge in [-0.05, 0) is 46.5 Å². The highest BCUT2D eigenvalue weighted by Gasteiger charge is 2.36. The third kappa shape index (κ3) is 16.7. The highest BCUT2D eigenvalue weighted by molar-refractivity contribution is 5.70. The van der Waals surface area contributed by atoms with Gasteiger partial charge in [-0.25, -0.2) is 0 Å². The minimum atomic E-state index is -1.18. The van der Waals surface area contributed by atoms with Crippen LogP contribution in [0.1, 0.15) is 111 Å². The average Bonchev–Trinajstić information content (AvgIpc) is 2.81. The van der Waals surface area contributed by atoms with Crippen LogP contribution >= 0.6 is 0 Å². The first-order valence-corrected chi connectivity index (χ1v) is 14.2. The molecule has 0 spiro atoms. The van der Waals surface area contributed by atoms with E-state index in [1.807, 2.05) is 0 Å². The topological polar surface area (TPSA) is 115 Å². The van der Waals surface area contributed by atoms with E-state index >= 15 is 0 Å². The summed E-state index contributed by atoms with van der Waals surface area (Å²) in [6.45, 7) is 8.05. The lowest BCUT2D eigenvalue weighted by Gasteiger charge is -2.43. The van der Waals surface area contributed by atoms with Gasteiger partial charge in [0.25, 0.3) is 0 Å². The molecule has 210 valence electrons. The van der Waals surface area contributed by atoms with Crippen molar-refractivity contribution in [1.29, 1.82) is 0 Å². The lowest BCUT2D eigenvalue weighted by atomic mass is 10.00. The van der Waals surface area contributed by atoms with E-state index in [1.54, 1.807) is 20.8 Å². The van der Waals surface area contributed by atoms with Crippen LogP contribution in [0.4, 0.5) is 0 Å². The van der Waals surface area contributed by atoms with Crippen molar-refractivity contribution in [2.24, 2.45) is 17.8 Å². The minimum Gasteiger partial charge on any atom is -0.550 e. The number of unbranched alkanes of at least 4 members (excludes halogenated alkanes) is 12. The number of hydrogen-bond acceptors (Lipinski definition) is 4. The second-order valence-corrected chi connectivity index (χ2v) is 10.9. The molecule has 0 amide bonds. The van der Waals surface area contributed by atoms with Gasteiger partial charge in [-0.15, -0.1) is 0 Å². The van der Waals surface area contributed by atoms with Crippen molar-refractivity contribution >= 4 is 17.9 Å². The lowest BCUT2D eigenvalue weighted by Crippen LogP contribution is -2.58. The van der Waals surface area contributed by atoms with Gasteiger partial charge in [0, 0.05) is 11.9 Å². The predicted molar refractivity (Wildman–Crippen MR) is 142 cm³/mol. The van der Waals surface area contributed by atoms with E-state index in [4.69, 9.17) is 0 Å². The second kappa shape index (κ2) is 20.2. The molecular weight excluding hydrogens is 458 g/mol. The van der Waals surface area contributed by atoms with Crippen LogP contribution in [0.3, 0.4) is 0 Å². The monoisotopic (exact) mass is 511 g/mol. The average molecular weight is 512 g/mol. The Balaban J connectivity index is 4.55. The van der Waals surface area contributed by atoms with Crippen molar-refractivity contribution in [2.45, 2.75) is 111 Å². The zero-order valence-corrected chi connectivity index (χ0v) is 23.4. The molecule has 3 atom stereocenters. The molecule has 0 aromatic heterocycles. The molecular formula is C29H53NO6. The van der Waals surface area contributed by atoms with Gasteiger partial charge in [0.15, 0.2) is 0 Å². The second-order valence-electron chi connectivity index (χ2n) is 10.9. The highest BCUT2D eigenvalue weighted by Crippen LogP contribution is 2.22. The minimum absolute atomic E-state index is 0.185. The first-order chi connectivity index (χ1) is 17.0. The number of allylic oxidation sites excluding steroid dienone is 2. The van der Waals surface area contributed by atoms with Crippen LogP contribution in [0.15, 0.2) is 12.2 Å². The fraction of sp³-hybridized carbons (Fsp3) is 0.828. The molecule has 0 bridgehead atoms. The molecule has 0 aromatic rings. The number of carboxylic acid groups (broad SMARTS) is 3. The molecule has 36 heavy (non-hydrogen) atoms. The van der Waals surface area contributed by atoms with Gasteiger partial charge >= 0.3 is 11.9 Å². The Hall–Kier alpha value is -1.89. The van der Waals surface area contributed by atoms with Crippen molar-refractivity contribution in [2.75, 3.05) is 26.2 Å². The van der Waals surface area contributed by atoms with E-state index in [-0.39, 0.29) is 24.1 Å². The molecule has 0 saturated carbocycles. The molecule has 3 unspecified atom stereocenters. The largest absolute Gasteiger partial charge is 0.550 e. The molecule has 0 radical (unpaired) electrons. The Kier molecular flexibility index (Phi) is 19.1. The molecule has 0 fully saturated rings. The molecule has 0 heterocycles. The van der Waals surface area contributed by atoms with Crippen LogP contribution in [0.5, 0.6) is 0 Å². The summed E-state index contributed by atoms with van der Waals surface area (Å²) < 4.78 is 0.185. The summed E-state index contributed by atoms with van der Waals surface area (Å²) >= 11 is 0. The summed E-state index contributed by atoms with van der Waals surface area (Å²) in [7, 11) is 0. The SMILES string of the molecule is C/C=C/CCCCCCCCCCCCCC[N+](CC(C)C(=O)[O-])(CC(C)C(=O)O)CC(C)C(=O)O. The number of rotatable bonds is 24. The standard InChI is InChI=1S/C29H53NO6/c1-5-6-7-8-9-10-11-12-13-14-15-16-17-18-19-20-30(21-24(2)27(31)32,22-25(3)28(33)34)23-26(4)29(35)36/h5-6,24-26H,7-23H2,1-4H3,(H2-,31,32,33,34,35,36)/b6-5+. The van der Waals surface area contributed by atoms with Gasteiger partial charge in [0.2, 0.25) is 0 Å². The van der Waals surface area contributed by atoms with Gasteiger partial charge in [-0.2, -0.15) is 0 Å². The third-order valence-corrected chi connectivity index (χ3v) is 7.22. The number of carbonyl (C=O) groups excluding carboxylic acids is 1. The number of aliphatic carboxylic acids is 3. The summed E-state index contributed by atoms with van der Waals surface area (Å²) in [4.78, 5) is 34.6. The zero-order chi connectivity index (χ0) is 27.4. The fourth-order valence-electron chi connectivity index (χ4n) is 5.11. The summed E-state index contributed by atoms with van der Waals surface area (Å²) in [6.07, 6.45) is 19.9. The molecule has 2 N–H and O–H groups in total. The molecule has 7 heteroatoms. The summed E-state index contributed by atoms with van der Waals surface area (Å²) in [5.74, 6) is -5.23. The van der Waals surface area contributed by atoms with Crippen molar-refractivity contribution in [3.05, 3.63) is 12.2 Å². The maximum atomic E-state index is 11.6. The van der Waals surface area contributed by atoms with Crippen molar-refractivity contribution in [3.8, 4) is 0 Å². The number of quaternary nitrogens is 1. The van der Waals surface area contributed by atoms with Gasteiger partial charge in [-0.3, -0.25) is 9.59 Å². The Morgan fingerprint density at radius 1 is 0.667 bits per heavy atom. The molecule has 0 rings (SSSR count). The van der Waals surface area contributed by atoms with E-state index in [1.165, 1.54) is 57.8 Å². The summed E-state index contributed by atoms with van der Waals surface area (Å²) in [5.41, 5.74) is 0. The van der Waals surface area contributed by atoms with Crippen LogP contribution < -0.4 is 5.11 Å². The van der Waals surface area contributed by atoms with Crippen molar-refractivity contribution in [3.63, 3.8) is 0 Å². The summed E-state index contributed by atoms with van der Waals surface area (Å²) in [6, 6.07) is 0. The van der Waals surface area contributed by atoms with E-state index < -0.39 is 35.7 Å². The highest BCUT2D eigenvalue weighted by atomic mass is 16.4. The number of carboxylic acids is 3. The van der Waals surface area contributed by atoms with Crippen molar-refractivity contribution < 1.29 is 34.2 Å².